The maximum absolute atomic E-state index is 11.8. The van der Waals surface area contributed by atoms with Gasteiger partial charge in [-0.3, -0.25) is 4.79 Å². The molecule has 1 aromatic heterocycles. The Balaban J connectivity index is 1.53. The predicted octanol–water partition coefficient (Wildman–Crippen LogP) is 3.71. The molecule has 2 aromatic rings. The van der Waals surface area contributed by atoms with Crippen LogP contribution in [-0.4, -0.2) is 49.0 Å². The molecule has 0 radical (unpaired) electrons. The topological polar surface area (TPSA) is 60.5 Å². The Labute approximate surface area is 161 Å². The molecule has 6 heteroatoms. The normalized spacial score (nSPS) is 14.8. The zero-order chi connectivity index (χ0) is 19.1. The van der Waals surface area contributed by atoms with Gasteiger partial charge < -0.3 is 20.4 Å². The second-order valence-corrected chi connectivity index (χ2v) is 7.05. The van der Waals surface area contributed by atoms with Gasteiger partial charge in [0.2, 0.25) is 5.91 Å². The van der Waals surface area contributed by atoms with Crippen LogP contribution in [0.1, 0.15) is 26.2 Å². The monoisotopic (exact) mass is 367 g/mol. The summed E-state index contributed by atoms with van der Waals surface area (Å²) in [6.45, 7) is 6.41. The maximum Gasteiger partial charge on any atom is 0.224 e. The standard InChI is InChI=1S/C21H29N5O/c1-3-4-5-21(27)24-18-8-11-20(22-16-18)23-17-6-9-19(10-7-17)26-14-12-25(2)13-15-26/h6-11,16H,3-5,12-15H2,1-2H3,(H,22,23)(H,24,27). The second-order valence-electron chi connectivity index (χ2n) is 7.05. The number of rotatable bonds is 7. The highest BCUT2D eigenvalue weighted by molar-refractivity contribution is 5.90. The highest BCUT2D eigenvalue weighted by atomic mass is 16.1. The number of benzene rings is 1. The van der Waals surface area contributed by atoms with E-state index in [0.717, 1.165) is 56.2 Å². The Morgan fingerprint density at radius 3 is 2.37 bits per heavy atom. The zero-order valence-corrected chi connectivity index (χ0v) is 16.2. The number of carbonyl (C=O) groups excluding carboxylic acids is 1. The molecule has 0 bridgehead atoms. The molecule has 1 aliphatic heterocycles. The number of aromatic nitrogens is 1. The molecule has 0 spiro atoms. The predicted molar refractivity (Wildman–Crippen MR) is 112 cm³/mol. The van der Waals surface area contributed by atoms with E-state index in [-0.39, 0.29) is 5.91 Å². The first-order valence-electron chi connectivity index (χ1n) is 9.70. The summed E-state index contributed by atoms with van der Waals surface area (Å²) in [6, 6.07) is 12.2. The van der Waals surface area contributed by atoms with Crippen molar-refractivity contribution in [2.75, 3.05) is 48.8 Å². The number of carbonyl (C=O) groups is 1. The number of amides is 1. The van der Waals surface area contributed by atoms with Crippen molar-refractivity contribution in [1.29, 1.82) is 0 Å². The van der Waals surface area contributed by atoms with Gasteiger partial charge in [-0.1, -0.05) is 13.3 Å². The number of nitrogens with zero attached hydrogens (tertiary/aromatic N) is 3. The summed E-state index contributed by atoms with van der Waals surface area (Å²) < 4.78 is 0. The van der Waals surface area contributed by atoms with E-state index in [1.54, 1.807) is 6.20 Å². The van der Waals surface area contributed by atoms with Crippen LogP contribution in [0.15, 0.2) is 42.6 Å². The van der Waals surface area contributed by atoms with E-state index in [1.807, 2.05) is 12.1 Å². The highest BCUT2D eigenvalue weighted by Gasteiger charge is 2.13. The van der Waals surface area contributed by atoms with E-state index in [2.05, 4.69) is 63.7 Å². The number of nitrogens with one attached hydrogen (secondary N) is 2. The van der Waals surface area contributed by atoms with E-state index < -0.39 is 0 Å². The molecular weight excluding hydrogens is 338 g/mol. The molecule has 0 unspecified atom stereocenters. The minimum Gasteiger partial charge on any atom is -0.369 e. The van der Waals surface area contributed by atoms with Crippen molar-refractivity contribution in [3.05, 3.63) is 42.6 Å². The molecule has 1 aliphatic rings. The van der Waals surface area contributed by atoms with E-state index in [9.17, 15) is 4.79 Å². The Hall–Kier alpha value is -2.60. The van der Waals surface area contributed by atoms with Gasteiger partial charge in [0.25, 0.3) is 0 Å². The van der Waals surface area contributed by atoms with Crippen LogP contribution in [-0.2, 0) is 4.79 Å². The summed E-state index contributed by atoms with van der Waals surface area (Å²) in [5.41, 5.74) is 2.99. The lowest BCUT2D eigenvalue weighted by molar-refractivity contribution is -0.116. The van der Waals surface area contributed by atoms with E-state index in [1.165, 1.54) is 5.69 Å². The lowest BCUT2D eigenvalue weighted by Crippen LogP contribution is -2.44. The first-order chi connectivity index (χ1) is 13.1. The van der Waals surface area contributed by atoms with Crippen molar-refractivity contribution in [2.24, 2.45) is 0 Å². The second kappa shape index (κ2) is 9.37. The summed E-state index contributed by atoms with van der Waals surface area (Å²) >= 11 is 0. The molecule has 0 saturated carbocycles. The SMILES string of the molecule is CCCCC(=O)Nc1ccc(Nc2ccc(N3CCN(C)CC3)cc2)nc1. The van der Waals surface area contributed by atoms with Gasteiger partial charge in [-0.15, -0.1) is 0 Å². The molecule has 1 amide bonds. The number of likely N-dealkylation sites (N-methyl/N-ethyl adjacent to an activating group) is 1. The van der Waals surface area contributed by atoms with Crippen LogP contribution in [0.2, 0.25) is 0 Å². The third-order valence-corrected chi connectivity index (χ3v) is 4.81. The molecule has 6 nitrogen and oxygen atoms in total. The van der Waals surface area contributed by atoms with Crippen LogP contribution in [0, 0.1) is 0 Å². The summed E-state index contributed by atoms with van der Waals surface area (Å²) in [5, 5.41) is 6.18. The molecule has 1 fully saturated rings. The number of piperazine rings is 1. The largest absolute Gasteiger partial charge is 0.369 e. The number of anilines is 4. The fourth-order valence-corrected chi connectivity index (χ4v) is 3.07. The maximum atomic E-state index is 11.8. The third kappa shape index (κ3) is 5.69. The van der Waals surface area contributed by atoms with Crippen molar-refractivity contribution in [1.82, 2.24) is 9.88 Å². The van der Waals surface area contributed by atoms with E-state index in [0.29, 0.717) is 6.42 Å². The number of hydrogen-bond acceptors (Lipinski definition) is 5. The molecule has 0 aliphatic carbocycles. The third-order valence-electron chi connectivity index (χ3n) is 4.81. The average molecular weight is 367 g/mol. The van der Waals surface area contributed by atoms with Crippen LogP contribution in [0.3, 0.4) is 0 Å². The summed E-state index contributed by atoms with van der Waals surface area (Å²) in [4.78, 5) is 20.9. The van der Waals surface area contributed by atoms with Gasteiger partial charge in [-0.25, -0.2) is 4.98 Å². The fraction of sp³-hybridized carbons (Fsp3) is 0.429. The Kier molecular flexibility index (Phi) is 6.65. The number of pyridine rings is 1. The zero-order valence-electron chi connectivity index (χ0n) is 16.2. The van der Waals surface area contributed by atoms with E-state index in [4.69, 9.17) is 0 Å². The van der Waals surface area contributed by atoms with Crippen molar-refractivity contribution in [3.8, 4) is 0 Å². The first-order valence-corrected chi connectivity index (χ1v) is 9.70. The Bertz CT molecular complexity index is 721. The Morgan fingerprint density at radius 2 is 1.74 bits per heavy atom. The van der Waals surface area contributed by atoms with Gasteiger partial charge in [0.1, 0.15) is 5.82 Å². The minimum atomic E-state index is 0.0406. The molecule has 1 aromatic carbocycles. The van der Waals surface area contributed by atoms with Crippen LogP contribution in [0.5, 0.6) is 0 Å². The minimum absolute atomic E-state index is 0.0406. The molecule has 1 saturated heterocycles. The van der Waals surface area contributed by atoms with Gasteiger partial charge in [-0.05, 0) is 49.9 Å². The average Bonchev–Trinajstić information content (AvgIpc) is 2.69. The van der Waals surface area contributed by atoms with E-state index >= 15 is 0 Å². The summed E-state index contributed by atoms with van der Waals surface area (Å²) in [5.74, 6) is 0.799. The quantitative estimate of drug-likeness (QED) is 0.781. The van der Waals surface area contributed by atoms with Crippen LogP contribution in [0.4, 0.5) is 22.9 Å². The molecule has 2 heterocycles. The lowest BCUT2D eigenvalue weighted by atomic mass is 10.2. The van der Waals surface area contributed by atoms with Crippen LogP contribution >= 0.6 is 0 Å². The molecule has 3 rings (SSSR count). The summed E-state index contributed by atoms with van der Waals surface area (Å²) in [7, 11) is 2.17. The molecule has 144 valence electrons. The van der Waals surface area contributed by atoms with Crippen molar-refractivity contribution < 1.29 is 4.79 Å². The molecule has 2 N–H and O–H groups in total. The van der Waals surface area contributed by atoms with Gasteiger partial charge in [0.15, 0.2) is 0 Å². The first kappa shape index (κ1) is 19.2. The summed E-state index contributed by atoms with van der Waals surface area (Å²) in [6.07, 6.45) is 4.16. The molecule has 27 heavy (non-hydrogen) atoms. The lowest BCUT2D eigenvalue weighted by Gasteiger charge is -2.34. The number of hydrogen-bond donors (Lipinski definition) is 2. The van der Waals surface area contributed by atoms with Gasteiger partial charge >= 0.3 is 0 Å². The smallest absolute Gasteiger partial charge is 0.224 e. The van der Waals surface area contributed by atoms with Gasteiger partial charge in [-0.2, -0.15) is 0 Å². The molecule has 0 atom stereocenters. The molecular formula is C21H29N5O. The van der Waals surface area contributed by atoms with Crippen molar-refractivity contribution in [2.45, 2.75) is 26.2 Å². The Morgan fingerprint density at radius 1 is 1.04 bits per heavy atom. The van der Waals surface area contributed by atoms with Crippen LogP contribution in [0.25, 0.3) is 0 Å². The van der Waals surface area contributed by atoms with Gasteiger partial charge in [0.05, 0.1) is 11.9 Å². The van der Waals surface area contributed by atoms with Crippen molar-refractivity contribution >= 4 is 28.8 Å². The van der Waals surface area contributed by atoms with Crippen LogP contribution < -0.4 is 15.5 Å². The van der Waals surface area contributed by atoms with Crippen molar-refractivity contribution in [3.63, 3.8) is 0 Å². The number of unbranched alkanes of at least 4 members (excludes halogenated alkanes) is 1. The highest BCUT2D eigenvalue weighted by Crippen LogP contribution is 2.22. The fourth-order valence-electron chi connectivity index (χ4n) is 3.07. The van der Waals surface area contributed by atoms with Gasteiger partial charge in [0, 0.05) is 44.0 Å².